The second-order valence-corrected chi connectivity index (χ2v) is 4.86. The average Bonchev–Trinajstić information content (AvgIpc) is 2.29. The number of hydrogen-bond acceptors (Lipinski definition) is 4. The minimum absolute atomic E-state index is 0.0627. The second kappa shape index (κ2) is 6.33. The van der Waals surface area contributed by atoms with Gasteiger partial charge >= 0.3 is 0 Å². The standard InChI is InChI=1S/C14H20N2O3/c1-9(2)16(8-14(15)19)7-12-6-11(10(3)17)4-5-13(12)18/h4-6,9,18H,7-8H2,1-3H3,(H2,15,19). The number of rotatable bonds is 6. The lowest BCUT2D eigenvalue weighted by atomic mass is 10.1. The summed E-state index contributed by atoms with van der Waals surface area (Å²) in [6.07, 6.45) is 0. The number of carbonyl (C=O) groups excluding carboxylic acids is 2. The van der Waals surface area contributed by atoms with Crippen LogP contribution in [0.3, 0.4) is 0 Å². The van der Waals surface area contributed by atoms with Gasteiger partial charge in [0.1, 0.15) is 5.75 Å². The van der Waals surface area contributed by atoms with E-state index in [9.17, 15) is 14.7 Å². The van der Waals surface area contributed by atoms with E-state index in [-0.39, 0.29) is 24.1 Å². The Kier molecular flexibility index (Phi) is 5.06. The van der Waals surface area contributed by atoms with Crippen molar-refractivity contribution in [1.29, 1.82) is 0 Å². The molecule has 0 radical (unpaired) electrons. The third-order valence-electron chi connectivity index (χ3n) is 2.95. The Hall–Kier alpha value is -1.88. The predicted octanol–water partition coefficient (Wildman–Crippen LogP) is 1.29. The van der Waals surface area contributed by atoms with Gasteiger partial charge in [0, 0.05) is 23.7 Å². The Morgan fingerprint density at radius 1 is 1.37 bits per heavy atom. The summed E-state index contributed by atoms with van der Waals surface area (Å²) in [6, 6.07) is 4.82. The Morgan fingerprint density at radius 3 is 2.47 bits per heavy atom. The molecule has 19 heavy (non-hydrogen) atoms. The van der Waals surface area contributed by atoms with Crippen LogP contribution in [0.25, 0.3) is 0 Å². The zero-order chi connectivity index (χ0) is 14.6. The van der Waals surface area contributed by atoms with E-state index < -0.39 is 5.91 Å². The van der Waals surface area contributed by atoms with Crippen molar-refractivity contribution >= 4 is 11.7 Å². The van der Waals surface area contributed by atoms with Crippen molar-refractivity contribution in [3.05, 3.63) is 29.3 Å². The summed E-state index contributed by atoms with van der Waals surface area (Å²) in [4.78, 5) is 24.2. The van der Waals surface area contributed by atoms with Gasteiger partial charge in [-0.25, -0.2) is 0 Å². The first-order valence-corrected chi connectivity index (χ1v) is 6.16. The summed E-state index contributed by atoms with van der Waals surface area (Å²) in [5, 5.41) is 9.83. The number of phenolic OH excluding ortho intramolecular Hbond substituents is 1. The van der Waals surface area contributed by atoms with Gasteiger partial charge in [-0.1, -0.05) is 0 Å². The van der Waals surface area contributed by atoms with E-state index >= 15 is 0 Å². The maximum absolute atomic E-state index is 11.3. The molecule has 104 valence electrons. The predicted molar refractivity (Wildman–Crippen MR) is 72.9 cm³/mol. The van der Waals surface area contributed by atoms with Gasteiger partial charge in [0.15, 0.2) is 5.78 Å². The van der Waals surface area contributed by atoms with Gasteiger partial charge in [-0.05, 0) is 39.0 Å². The van der Waals surface area contributed by atoms with Crippen LogP contribution >= 0.6 is 0 Å². The van der Waals surface area contributed by atoms with Crippen LogP contribution in [-0.2, 0) is 11.3 Å². The number of phenols is 1. The Balaban J connectivity index is 2.98. The van der Waals surface area contributed by atoms with Crippen LogP contribution in [0, 0.1) is 0 Å². The van der Waals surface area contributed by atoms with Gasteiger partial charge in [0.25, 0.3) is 0 Å². The number of hydrogen-bond donors (Lipinski definition) is 2. The second-order valence-electron chi connectivity index (χ2n) is 4.86. The molecule has 0 saturated carbocycles. The van der Waals surface area contributed by atoms with Gasteiger partial charge in [0.2, 0.25) is 5.91 Å². The molecule has 1 aromatic rings. The highest BCUT2D eigenvalue weighted by Crippen LogP contribution is 2.21. The zero-order valence-electron chi connectivity index (χ0n) is 11.5. The zero-order valence-corrected chi connectivity index (χ0v) is 11.5. The number of nitrogens with zero attached hydrogens (tertiary/aromatic N) is 1. The molecular weight excluding hydrogens is 244 g/mol. The molecule has 0 spiro atoms. The number of ketones is 1. The van der Waals surface area contributed by atoms with E-state index in [0.717, 1.165) is 0 Å². The first kappa shape index (κ1) is 15.2. The van der Waals surface area contributed by atoms with Crippen LogP contribution < -0.4 is 5.73 Å². The minimum atomic E-state index is -0.420. The number of nitrogens with two attached hydrogens (primary N) is 1. The van der Waals surface area contributed by atoms with Crippen molar-refractivity contribution in [2.24, 2.45) is 5.73 Å². The lowest BCUT2D eigenvalue weighted by Gasteiger charge is -2.25. The summed E-state index contributed by atoms with van der Waals surface area (Å²) in [5.41, 5.74) is 6.35. The largest absolute Gasteiger partial charge is 0.508 e. The summed E-state index contributed by atoms with van der Waals surface area (Å²) < 4.78 is 0. The smallest absolute Gasteiger partial charge is 0.231 e. The van der Waals surface area contributed by atoms with E-state index in [4.69, 9.17) is 5.73 Å². The van der Waals surface area contributed by atoms with E-state index in [0.29, 0.717) is 17.7 Å². The monoisotopic (exact) mass is 264 g/mol. The van der Waals surface area contributed by atoms with Crippen LogP contribution in [0.2, 0.25) is 0 Å². The number of amides is 1. The van der Waals surface area contributed by atoms with E-state index in [1.54, 1.807) is 12.1 Å². The minimum Gasteiger partial charge on any atom is -0.508 e. The van der Waals surface area contributed by atoms with Gasteiger partial charge in [-0.15, -0.1) is 0 Å². The van der Waals surface area contributed by atoms with Crippen molar-refractivity contribution in [2.45, 2.75) is 33.4 Å². The third-order valence-corrected chi connectivity index (χ3v) is 2.95. The quantitative estimate of drug-likeness (QED) is 0.758. The van der Waals surface area contributed by atoms with Crippen LogP contribution in [0.1, 0.15) is 36.7 Å². The first-order chi connectivity index (χ1) is 8.81. The fourth-order valence-corrected chi connectivity index (χ4v) is 1.77. The molecule has 5 nitrogen and oxygen atoms in total. The molecule has 0 aliphatic rings. The molecule has 5 heteroatoms. The fraction of sp³-hybridized carbons (Fsp3) is 0.429. The molecule has 1 rings (SSSR count). The van der Waals surface area contributed by atoms with Crippen molar-refractivity contribution in [1.82, 2.24) is 4.90 Å². The number of aromatic hydroxyl groups is 1. The summed E-state index contributed by atoms with van der Waals surface area (Å²) in [6.45, 7) is 5.83. The van der Waals surface area contributed by atoms with E-state index in [2.05, 4.69) is 0 Å². The van der Waals surface area contributed by atoms with Crippen LogP contribution in [0.5, 0.6) is 5.75 Å². The van der Waals surface area contributed by atoms with Gasteiger partial charge < -0.3 is 10.8 Å². The highest BCUT2D eigenvalue weighted by Gasteiger charge is 2.15. The molecule has 0 aliphatic heterocycles. The highest BCUT2D eigenvalue weighted by molar-refractivity contribution is 5.94. The molecule has 1 amide bonds. The maximum atomic E-state index is 11.3. The molecule has 3 N–H and O–H groups in total. The van der Waals surface area contributed by atoms with Crippen LogP contribution in [0.4, 0.5) is 0 Å². The number of primary amides is 1. The first-order valence-electron chi connectivity index (χ1n) is 6.16. The van der Waals surface area contributed by atoms with Crippen molar-refractivity contribution in [3.63, 3.8) is 0 Å². The van der Waals surface area contributed by atoms with Crippen molar-refractivity contribution in [3.8, 4) is 5.75 Å². The molecule has 0 unspecified atom stereocenters. The van der Waals surface area contributed by atoms with Gasteiger partial charge in [-0.3, -0.25) is 14.5 Å². The van der Waals surface area contributed by atoms with Crippen LogP contribution in [-0.4, -0.2) is 34.3 Å². The maximum Gasteiger partial charge on any atom is 0.231 e. The number of benzene rings is 1. The number of Topliss-reactive ketones (excluding diaryl/α,β-unsaturated/α-hetero) is 1. The lowest BCUT2D eigenvalue weighted by Crippen LogP contribution is -2.38. The molecule has 0 saturated heterocycles. The highest BCUT2D eigenvalue weighted by atomic mass is 16.3. The molecular formula is C14H20N2O3. The van der Waals surface area contributed by atoms with Crippen molar-refractivity contribution in [2.75, 3.05) is 6.54 Å². The molecule has 1 aromatic carbocycles. The Bertz CT molecular complexity index is 484. The molecule has 0 bridgehead atoms. The molecule has 0 atom stereocenters. The number of carbonyl (C=O) groups is 2. The third kappa shape index (κ3) is 4.37. The fourth-order valence-electron chi connectivity index (χ4n) is 1.77. The lowest BCUT2D eigenvalue weighted by molar-refractivity contribution is -0.119. The Morgan fingerprint density at radius 2 is 2.00 bits per heavy atom. The normalized spacial score (nSPS) is 11.0. The topological polar surface area (TPSA) is 83.6 Å². The van der Waals surface area contributed by atoms with E-state index in [1.807, 2.05) is 18.7 Å². The van der Waals surface area contributed by atoms with Gasteiger partial charge in [-0.2, -0.15) is 0 Å². The van der Waals surface area contributed by atoms with Gasteiger partial charge in [0.05, 0.1) is 6.54 Å². The summed E-state index contributed by atoms with van der Waals surface area (Å²) in [5.74, 6) is -0.372. The molecule has 0 aliphatic carbocycles. The van der Waals surface area contributed by atoms with Crippen molar-refractivity contribution < 1.29 is 14.7 Å². The Labute approximate surface area is 113 Å². The molecule has 0 heterocycles. The SMILES string of the molecule is CC(=O)c1ccc(O)c(CN(CC(N)=O)C(C)C)c1. The molecule has 0 aromatic heterocycles. The summed E-state index contributed by atoms with van der Waals surface area (Å²) in [7, 11) is 0. The van der Waals surface area contributed by atoms with Crippen LogP contribution in [0.15, 0.2) is 18.2 Å². The molecule has 0 fully saturated rings. The van der Waals surface area contributed by atoms with E-state index in [1.165, 1.54) is 13.0 Å². The average molecular weight is 264 g/mol. The summed E-state index contributed by atoms with van der Waals surface area (Å²) >= 11 is 0.